The number of carbonyl (C=O) groups excluding carboxylic acids is 2. The first kappa shape index (κ1) is 39.1. The number of aliphatic hydroxyl groups excluding tert-OH is 1. The second kappa shape index (κ2) is 28.8. The summed E-state index contributed by atoms with van der Waals surface area (Å²) in [6.07, 6.45) is 36.5. The van der Waals surface area contributed by atoms with Crippen LogP contribution in [0.3, 0.4) is 0 Å². The molecule has 1 fully saturated rings. The van der Waals surface area contributed by atoms with Gasteiger partial charge < -0.3 is 19.3 Å². The van der Waals surface area contributed by atoms with E-state index in [1.807, 2.05) is 0 Å². The number of hydrogen-bond acceptors (Lipinski definition) is 6. The van der Waals surface area contributed by atoms with Crippen molar-refractivity contribution in [2.24, 2.45) is 0 Å². The van der Waals surface area contributed by atoms with Gasteiger partial charge in [0, 0.05) is 12.8 Å². The number of esters is 2. The summed E-state index contributed by atoms with van der Waals surface area (Å²) >= 11 is 0. The van der Waals surface area contributed by atoms with Crippen molar-refractivity contribution in [1.82, 2.24) is 0 Å². The maximum absolute atomic E-state index is 12.1. The van der Waals surface area contributed by atoms with E-state index in [1.54, 1.807) is 0 Å². The molecule has 1 N–H and O–H groups in total. The molecular weight excluding hydrogens is 540 g/mol. The largest absolute Gasteiger partial charge is 0.462 e. The monoisotopic (exact) mass is 604 g/mol. The summed E-state index contributed by atoms with van der Waals surface area (Å²) < 4.78 is 16.3. The zero-order valence-corrected chi connectivity index (χ0v) is 27.7. The molecule has 0 aromatic heterocycles. The summed E-state index contributed by atoms with van der Waals surface area (Å²) in [7, 11) is 0. The van der Waals surface area contributed by atoms with Crippen LogP contribution in [0, 0.1) is 0 Å². The fourth-order valence-corrected chi connectivity index (χ4v) is 5.05. The van der Waals surface area contributed by atoms with E-state index in [0.29, 0.717) is 19.3 Å². The van der Waals surface area contributed by atoms with Gasteiger partial charge in [0.25, 0.3) is 0 Å². The first-order valence-corrected chi connectivity index (χ1v) is 17.7. The quantitative estimate of drug-likeness (QED) is 0.0380. The number of epoxide rings is 1. The van der Waals surface area contributed by atoms with Crippen molar-refractivity contribution in [3.8, 4) is 0 Å². The lowest BCUT2D eigenvalue weighted by Crippen LogP contribution is -2.28. The molecule has 248 valence electrons. The first-order valence-electron chi connectivity index (χ1n) is 17.7. The number of ether oxygens (including phenoxy) is 3. The maximum Gasteiger partial charge on any atom is 0.306 e. The van der Waals surface area contributed by atoms with Gasteiger partial charge in [0.1, 0.15) is 6.61 Å². The summed E-state index contributed by atoms with van der Waals surface area (Å²) in [5, 5.41) is 9.52. The molecule has 1 heterocycles. The Kier molecular flexibility index (Phi) is 26.2. The minimum absolute atomic E-state index is 0.101. The predicted molar refractivity (Wildman–Crippen MR) is 177 cm³/mol. The molecule has 0 aromatic carbocycles. The zero-order chi connectivity index (χ0) is 31.2. The number of aliphatic hydroxyl groups is 1. The van der Waals surface area contributed by atoms with Gasteiger partial charge in [0.2, 0.25) is 0 Å². The van der Waals surface area contributed by atoms with Gasteiger partial charge in [-0.05, 0) is 51.4 Å². The highest BCUT2D eigenvalue weighted by Crippen LogP contribution is 2.30. The summed E-state index contributed by atoms with van der Waals surface area (Å²) in [4.78, 5) is 24.2. The minimum Gasteiger partial charge on any atom is -0.462 e. The second-order valence-electron chi connectivity index (χ2n) is 12.0. The van der Waals surface area contributed by atoms with Crippen LogP contribution < -0.4 is 0 Å². The summed E-state index contributed by atoms with van der Waals surface area (Å²) in [5.74, 6) is -0.669. The van der Waals surface area contributed by atoms with Crippen molar-refractivity contribution in [3.63, 3.8) is 0 Å². The van der Waals surface area contributed by atoms with Crippen molar-refractivity contribution >= 4 is 11.9 Å². The number of unbranched alkanes of at least 4 members (excludes halogenated alkanes) is 13. The Morgan fingerprint density at radius 2 is 1.23 bits per heavy atom. The van der Waals surface area contributed by atoms with Crippen molar-refractivity contribution in [2.45, 2.75) is 173 Å². The first-order chi connectivity index (χ1) is 21.1. The molecule has 6 nitrogen and oxygen atoms in total. The smallest absolute Gasteiger partial charge is 0.306 e. The molecule has 2 unspecified atom stereocenters. The van der Waals surface area contributed by atoms with Gasteiger partial charge in [-0.1, -0.05) is 127 Å². The van der Waals surface area contributed by atoms with Gasteiger partial charge in [-0.3, -0.25) is 9.59 Å². The van der Waals surface area contributed by atoms with E-state index in [9.17, 15) is 14.7 Å². The van der Waals surface area contributed by atoms with E-state index in [-0.39, 0.29) is 37.4 Å². The highest BCUT2D eigenvalue weighted by Gasteiger charge is 2.36. The SMILES string of the molecule is CCCCC/C=C\C/C=C\C/C=C\CC1OC1CCCC(=O)OC[C@H](CO)OC(=O)CCCCCCCCCCCCC. The van der Waals surface area contributed by atoms with Gasteiger partial charge in [-0.15, -0.1) is 0 Å². The molecule has 1 aliphatic rings. The lowest BCUT2D eigenvalue weighted by Gasteiger charge is -2.15. The van der Waals surface area contributed by atoms with E-state index in [0.717, 1.165) is 44.9 Å². The molecule has 0 aromatic rings. The Morgan fingerprint density at radius 3 is 1.88 bits per heavy atom. The topological polar surface area (TPSA) is 85.4 Å². The minimum atomic E-state index is -0.797. The maximum atomic E-state index is 12.1. The molecule has 1 aliphatic heterocycles. The molecule has 0 spiro atoms. The van der Waals surface area contributed by atoms with E-state index in [4.69, 9.17) is 14.2 Å². The molecule has 0 bridgehead atoms. The number of rotatable bonds is 30. The van der Waals surface area contributed by atoms with Crippen LogP contribution in [-0.2, 0) is 23.8 Å². The van der Waals surface area contributed by atoms with E-state index in [1.165, 1.54) is 77.0 Å². The third-order valence-corrected chi connectivity index (χ3v) is 7.86. The highest BCUT2D eigenvalue weighted by atomic mass is 16.6. The molecule has 0 saturated carbocycles. The Morgan fingerprint density at radius 1 is 0.674 bits per heavy atom. The van der Waals surface area contributed by atoms with Crippen LogP contribution in [-0.4, -0.2) is 48.6 Å². The van der Waals surface area contributed by atoms with Gasteiger partial charge >= 0.3 is 11.9 Å². The summed E-state index contributed by atoms with van der Waals surface area (Å²) in [6.45, 7) is 4.02. The lowest BCUT2D eigenvalue weighted by molar-refractivity contribution is -0.161. The Bertz CT molecular complexity index is 758. The highest BCUT2D eigenvalue weighted by molar-refractivity contribution is 5.70. The molecule has 0 aliphatic carbocycles. The average Bonchev–Trinajstić information content (AvgIpc) is 3.76. The standard InChI is InChI=1S/C37H64O6/c1-3-5-7-9-11-13-15-17-18-20-22-24-27-34-35(43-34)28-26-30-36(39)41-32-33(31-38)42-37(40)29-25-23-21-19-16-14-12-10-8-6-4-2/h11,13,17-18,22,24,33-35,38H,3-10,12,14-16,19-21,23,25-32H2,1-2H3/b13-11-,18-17-,24-22-/t33-,34?,35?/m0/s1. The zero-order valence-electron chi connectivity index (χ0n) is 27.7. The Balaban J connectivity index is 1.97. The predicted octanol–water partition coefficient (Wildman–Crippen LogP) is 9.49. The average molecular weight is 605 g/mol. The van der Waals surface area contributed by atoms with Crippen LogP contribution in [0.15, 0.2) is 36.5 Å². The molecular formula is C37H64O6. The molecule has 43 heavy (non-hydrogen) atoms. The fraction of sp³-hybridized carbons (Fsp3) is 0.784. The third kappa shape index (κ3) is 25.1. The van der Waals surface area contributed by atoms with Crippen LogP contribution in [0.1, 0.15) is 155 Å². The molecule has 3 atom stereocenters. The van der Waals surface area contributed by atoms with Crippen LogP contribution >= 0.6 is 0 Å². The summed E-state index contributed by atoms with van der Waals surface area (Å²) in [6, 6.07) is 0. The van der Waals surface area contributed by atoms with Gasteiger partial charge in [0.15, 0.2) is 6.10 Å². The van der Waals surface area contributed by atoms with Crippen molar-refractivity contribution in [1.29, 1.82) is 0 Å². The fourth-order valence-electron chi connectivity index (χ4n) is 5.05. The van der Waals surface area contributed by atoms with Crippen LogP contribution in [0.4, 0.5) is 0 Å². The van der Waals surface area contributed by atoms with Crippen molar-refractivity contribution in [2.75, 3.05) is 13.2 Å². The van der Waals surface area contributed by atoms with E-state index < -0.39 is 6.10 Å². The molecule has 1 saturated heterocycles. The third-order valence-electron chi connectivity index (χ3n) is 7.86. The Hall–Kier alpha value is -1.92. The number of hydrogen-bond donors (Lipinski definition) is 1. The lowest BCUT2D eigenvalue weighted by atomic mass is 10.1. The van der Waals surface area contributed by atoms with Crippen molar-refractivity contribution in [3.05, 3.63) is 36.5 Å². The second-order valence-corrected chi connectivity index (χ2v) is 12.0. The summed E-state index contributed by atoms with van der Waals surface area (Å²) in [5.41, 5.74) is 0. The molecule has 1 rings (SSSR count). The van der Waals surface area contributed by atoms with Gasteiger partial charge in [0.05, 0.1) is 18.8 Å². The van der Waals surface area contributed by atoms with Crippen LogP contribution in [0.2, 0.25) is 0 Å². The normalized spacial score (nSPS) is 17.3. The van der Waals surface area contributed by atoms with Gasteiger partial charge in [-0.25, -0.2) is 0 Å². The van der Waals surface area contributed by atoms with Crippen LogP contribution in [0.5, 0.6) is 0 Å². The number of allylic oxidation sites excluding steroid dienone is 5. The number of carbonyl (C=O) groups is 2. The molecule has 6 heteroatoms. The van der Waals surface area contributed by atoms with E-state index >= 15 is 0 Å². The van der Waals surface area contributed by atoms with Crippen molar-refractivity contribution < 1.29 is 28.9 Å². The Labute approximate surface area is 263 Å². The molecule has 0 radical (unpaired) electrons. The molecule has 0 amide bonds. The van der Waals surface area contributed by atoms with E-state index in [2.05, 4.69) is 50.3 Å². The van der Waals surface area contributed by atoms with Gasteiger partial charge in [-0.2, -0.15) is 0 Å². The van der Waals surface area contributed by atoms with Crippen LogP contribution in [0.25, 0.3) is 0 Å².